The molecule has 114 valence electrons. The number of rotatable bonds is 4. The third kappa shape index (κ3) is 3.54. The van der Waals surface area contributed by atoms with Gasteiger partial charge < -0.3 is 15.6 Å². The predicted molar refractivity (Wildman–Crippen MR) is 86.9 cm³/mol. The second kappa shape index (κ2) is 6.03. The summed E-state index contributed by atoms with van der Waals surface area (Å²) < 4.78 is 5.19. The molecule has 1 atom stereocenters. The summed E-state index contributed by atoms with van der Waals surface area (Å²) in [6.07, 6.45) is -0.225. The normalized spacial score (nSPS) is 13.2. The van der Waals surface area contributed by atoms with E-state index >= 15 is 0 Å². The largest absolute Gasteiger partial charge is 0.495 e. The summed E-state index contributed by atoms with van der Waals surface area (Å²) in [5.41, 5.74) is 8.26. The van der Waals surface area contributed by atoms with Crippen molar-refractivity contribution in [3.63, 3.8) is 0 Å². The Morgan fingerprint density at radius 2 is 2.10 bits per heavy atom. The zero-order valence-electron chi connectivity index (χ0n) is 12.9. The van der Waals surface area contributed by atoms with Crippen LogP contribution in [0.2, 0.25) is 0 Å². The number of hydrogen-bond acceptors (Lipinski definition) is 5. The molecule has 0 aliphatic rings. The molecule has 0 fully saturated rings. The van der Waals surface area contributed by atoms with Gasteiger partial charge in [-0.1, -0.05) is 32.9 Å². The Labute approximate surface area is 129 Å². The van der Waals surface area contributed by atoms with E-state index in [0.29, 0.717) is 23.4 Å². The first-order chi connectivity index (χ1) is 9.82. The number of para-hydroxylation sites is 1. The Kier molecular flexibility index (Phi) is 4.54. The van der Waals surface area contributed by atoms with Gasteiger partial charge in [0.1, 0.15) is 5.75 Å². The Hall–Kier alpha value is -1.59. The van der Waals surface area contributed by atoms with Crippen LogP contribution in [0.5, 0.6) is 5.75 Å². The molecule has 0 saturated heterocycles. The molecule has 0 spiro atoms. The molecule has 1 heterocycles. The van der Waals surface area contributed by atoms with Gasteiger partial charge in [-0.15, -0.1) is 11.3 Å². The first kappa shape index (κ1) is 15.8. The number of hydrogen-bond donors (Lipinski definition) is 2. The van der Waals surface area contributed by atoms with Gasteiger partial charge in [-0.25, -0.2) is 4.98 Å². The van der Waals surface area contributed by atoms with E-state index in [1.54, 1.807) is 24.5 Å². The first-order valence-electron chi connectivity index (χ1n) is 6.88. The van der Waals surface area contributed by atoms with Crippen LogP contribution in [-0.2, 0) is 11.8 Å². The van der Waals surface area contributed by atoms with Crippen LogP contribution in [0.25, 0.3) is 0 Å². The van der Waals surface area contributed by atoms with Crippen LogP contribution in [0, 0.1) is 0 Å². The van der Waals surface area contributed by atoms with Crippen LogP contribution >= 0.6 is 11.3 Å². The Bertz CT molecular complexity index is 617. The number of nitrogens with zero attached hydrogens (tertiary/aromatic N) is 1. The van der Waals surface area contributed by atoms with Gasteiger partial charge in [0.2, 0.25) is 0 Å². The highest BCUT2D eigenvalue weighted by atomic mass is 32.1. The van der Waals surface area contributed by atoms with Crippen LogP contribution in [0.4, 0.5) is 5.69 Å². The van der Waals surface area contributed by atoms with Crippen molar-refractivity contribution in [3.8, 4) is 5.75 Å². The van der Waals surface area contributed by atoms with E-state index in [0.717, 1.165) is 10.7 Å². The molecule has 1 aromatic carbocycles. The average molecular weight is 306 g/mol. The fourth-order valence-electron chi connectivity index (χ4n) is 2.05. The van der Waals surface area contributed by atoms with E-state index in [1.165, 1.54) is 0 Å². The maximum atomic E-state index is 10.4. The van der Waals surface area contributed by atoms with Crippen LogP contribution in [0.15, 0.2) is 23.6 Å². The highest BCUT2D eigenvalue weighted by molar-refractivity contribution is 7.09. The second-order valence-corrected chi connectivity index (χ2v) is 7.00. The summed E-state index contributed by atoms with van der Waals surface area (Å²) in [4.78, 5) is 4.61. The number of aliphatic hydroxyl groups is 1. The maximum Gasteiger partial charge on any atom is 0.142 e. The van der Waals surface area contributed by atoms with Crippen molar-refractivity contribution in [3.05, 3.63) is 39.8 Å². The highest BCUT2D eigenvalue weighted by Gasteiger charge is 2.20. The number of benzene rings is 1. The number of methoxy groups -OCH3 is 1. The van der Waals surface area contributed by atoms with Crippen molar-refractivity contribution >= 4 is 17.0 Å². The standard InChI is InChI=1S/C16H22N2O2S/c1-16(2,3)13-9-21-14(18-13)8-11(19)10-6-5-7-12(20-4)15(10)17/h5-7,9,11,19H,8,17H2,1-4H3. The number of aromatic nitrogens is 1. The van der Waals surface area contributed by atoms with Gasteiger partial charge in [0.25, 0.3) is 0 Å². The van der Waals surface area contributed by atoms with Gasteiger partial charge in [0.15, 0.2) is 0 Å². The van der Waals surface area contributed by atoms with Crippen LogP contribution in [0.1, 0.15) is 43.1 Å². The van der Waals surface area contributed by atoms with Gasteiger partial charge >= 0.3 is 0 Å². The number of nitrogen functional groups attached to an aromatic ring is 1. The Morgan fingerprint density at radius 3 is 2.67 bits per heavy atom. The van der Waals surface area contributed by atoms with Crippen molar-refractivity contribution in [1.82, 2.24) is 4.98 Å². The molecule has 1 unspecified atom stereocenters. The molecular weight excluding hydrogens is 284 g/mol. The molecule has 21 heavy (non-hydrogen) atoms. The van der Waals surface area contributed by atoms with Crippen LogP contribution in [0.3, 0.4) is 0 Å². The lowest BCUT2D eigenvalue weighted by molar-refractivity contribution is 0.178. The van der Waals surface area contributed by atoms with Crippen molar-refractivity contribution in [2.75, 3.05) is 12.8 Å². The predicted octanol–water partition coefficient (Wildman–Crippen LogP) is 3.31. The molecule has 1 aromatic heterocycles. The fraction of sp³-hybridized carbons (Fsp3) is 0.438. The molecule has 0 saturated carbocycles. The summed E-state index contributed by atoms with van der Waals surface area (Å²) in [7, 11) is 1.57. The van der Waals surface area contributed by atoms with E-state index in [-0.39, 0.29) is 5.41 Å². The zero-order valence-corrected chi connectivity index (χ0v) is 13.7. The molecule has 2 aromatic rings. The first-order valence-corrected chi connectivity index (χ1v) is 7.76. The molecule has 0 bridgehead atoms. The van der Waals surface area contributed by atoms with Gasteiger partial charge in [0.05, 0.1) is 29.6 Å². The molecule has 0 aliphatic carbocycles. The summed E-state index contributed by atoms with van der Waals surface area (Å²) in [5.74, 6) is 0.584. The lowest BCUT2D eigenvalue weighted by atomic mass is 9.93. The number of ether oxygens (including phenoxy) is 1. The molecule has 5 heteroatoms. The van der Waals surface area contributed by atoms with Crippen molar-refractivity contribution in [2.45, 2.75) is 38.7 Å². The lowest BCUT2D eigenvalue weighted by Gasteiger charge is -2.15. The van der Waals surface area contributed by atoms with Gasteiger partial charge in [-0.3, -0.25) is 0 Å². The molecule has 0 amide bonds. The zero-order chi connectivity index (χ0) is 15.6. The lowest BCUT2D eigenvalue weighted by Crippen LogP contribution is -2.12. The van der Waals surface area contributed by atoms with E-state index < -0.39 is 6.10 Å². The molecule has 0 aliphatic heterocycles. The smallest absolute Gasteiger partial charge is 0.142 e. The Morgan fingerprint density at radius 1 is 1.38 bits per heavy atom. The minimum Gasteiger partial charge on any atom is -0.495 e. The SMILES string of the molecule is COc1cccc(C(O)Cc2nc(C(C)(C)C)cs2)c1N. The number of anilines is 1. The molecule has 0 radical (unpaired) electrons. The van der Waals surface area contributed by atoms with E-state index in [2.05, 4.69) is 31.1 Å². The average Bonchev–Trinajstić information content (AvgIpc) is 2.87. The number of aliphatic hydroxyl groups excluding tert-OH is 1. The van der Waals surface area contributed by atoms with Crippen molar-refractivity contribution in [2.24, 2.45) is 0 Å². The summed E-state index contributed by atoms with van der Waals surface area (Å²) in [6.45, 7) is 6.38. The maximum absolute atomic E-state index is 10.4. The third-order valence-corrected chi connectivity index (χ3v) is 4.24. The summed E-state index contributed by atoms with van der Waals surface area (Å²) in [5, 5.41) is 13.4. The van der Waals surface area contributed by atoms with Gasteiger partial charge in [-0.2, -0.15) is 0 Å². The fourth-order valence-corrected chi connectivity index (χ4v) is 3.11. The number of nitrogens with two attached hydrogens (primary N) is 1. The quantitative estimate of drug-likeness (QED) is 0.850. The summed E-state index contributed by atoms with van der Waals surface area (Å²) >= 11 is 1.57. The molecule has 2 rings (SSSR count). The van der Waals surface area contributed by atoms with E-state index in [9.17, 15) is 5.11 Å². The van der Waals surface area contributed by atoms with Crippen LogP contribution in [-0.4, -0.2) is 17.2 Å². The Balaban J connectivity index is 2.18. The van der Waals surface area contributed by atoms with E-state index in [1.807, 2.05) is 12.1 Å². The highest BCUT2D eigenvalue weighted by Crippen LogP contribution is 2.32. The van der Waals surface area contributed by atoms with Gasteiger partial charge in [0, 0.05) is 22.8 Å². The van der Waals surface area contributed by atoms with E-state index in [4.69, 9.17) is 10.5 Å². The molecule has 4 nitrogen and oxygen atoms in total. The summed E-state index contributed by atoms with van der Waals surface area (Å²) in [6, 6.07) is 5.43. The van der Waals surface area contributed by atoms with Crippen molar-refractivity contribution in [1.29, 1.82) is 0 Å². The topological polar surface area (TPSA) is 68.4 Å². The third-order valence-electron chi connectivity index (χ3n) is 3.37. The number of thiazole rings is 1. The van der Waals surface area contributed by atoms with Crippen LogP contribution < -0.4 is 10.5 Å². The minimum atomic E-state index is -0.681. The second-order valence-electron chi connectivity index (χ2n) is 6.06. The molecule has 3 N–H and O–H groups in total. The monoisotopic (exact) mass is 306 g/mol. The minimum absolute atomic E-state index is 0.0225. The molecular formula is C16H22N2O2S. The van der Waals surface area contributed by atoms with Crippen molar-refractivity contribution < 1.29 is 9.84 Å². The van der Waals surface area contributed by atoms with Gasteiger partial charge in [-0.05, 0) is 6.07 Å².